The lowest BCUT2D eigenvalue weighted by Gasteiger charge is -2.15. The number of benzene rings is 2. The third kappa shape index (κ3) is 1.63. The van der Waals surface area contributed by atoms with E-state index in [1.54, 1.807) is 12.1 Å². The van der Waals surface area contributed by atoms with E-state index in [9.17, 15) is 5.11 Å². The molecule has 84 valence electrons. The van der Waals surface area contributed by atoms with Gasteiger partial charge in [-0.2, -0.15) is 0 Å². The van der Waals surface area contributed by atoms with E-state index in [1.165, 1.54) is 0 Å². The molecule has 17 heavy (non-hydrogen) atoms. The van der Waals surface area contributed by atoms with Crippen LogP contribution >= 0.6 is 0 Å². The molecule has 1 aliphatic rings. The molecule has 0 heterocycles. The van der Waals surface area contributed by atoms with Crippen molar-refractivity contribution in [1.29, 1.82) is 0 Å². The van der Waals surface area contributed by atoms with Gasteiger partial charge in [-0.25, -0.2) is 0 Å². The predicted molar refractivity (Wildman–Crippen MR) is 69.5 cm³/mol. The molecule has 0 bridgehead atoms. The minimum atomic E-state index is -0.191. The fourth-order valence-electron chi connectivity index (χ4n) is 2.28. The average molecular weight is 223 g/mol. The Balaban J connectivity index is 2.25. The van der Waals surface area contributed by atoms with Crippen molar-refractivity contribution in [2.45, 2.75) is 6.04 Å². The molecule has 0 saturated heterocycles. The number of hydrogen-bond donors (Lipinski definition) is 2. The summed E-state index contributed by atoms with van der Waals surface area (Å²) < 4.78 is 0. The van der Waals surface area contributed by atoms with Gasteiger partial charge in [-0.05, 0) is 34.4 Å². The van der Waals surface area contributed by atoms with Crippen molar-refractivity contribution in [3.8, 4) is 5.75 Å². The largest absolute Gasteiger partial charge is 0.508 e. The predicted octanol–water partition coefficient (Wildman–Crippen LogP) is 2.92. The van der Waals surface area contributed by atoms with Crippen molar-refractivity contribution < 1.29 is 5.11 Å². The van der Waals surface area contributed by atoms with Gasteiger partial charge in [0, 0.05) is 0 Å². The van der Waals surface area contributed by atoms with Gasteiger partial charge in [-0.3, -0.25) is 0 Å². The first-order valence-electron chi connectivity index (χ1n) is 5.61. The molecule has 1 aliphatic carbocycles. The lowest BCUT2D eigenvalue weighted by Crippen LogP contribution is -2.13. The quantitative estimate of drug-likeness (QED) is 0.721. The molecular weight excluding hydrogens is 210 g/mol. The molecule has 1 atom stereocenters. The molecule has 2 heteroatoms. The third-order valence-corrected chi connectivity index (χ3v) is 3.18. The average Bonchev–Trinajstić information content (AvgIpc) is 2.49. The first-order chi connectivity index (χ1) is 8.25. The second kappa shape index (κ2) is 3.75. The lowest BCUT2D eigenvalue weighted by atomic mass is 9.95. The van der Waals surface area contributed by atoms with Crippen molar-refractivity contribution in [1.82, 2.24) is 0 Å². The highest BCUT2D eigenvalue weighted by atomic mass is 16.3. The molecule has 2 nitrogen and oxygen atoms in total. The number of phenolic OH excluding ortho intramolecular Hbond substituents is 1. The van der Waals surface area contributed by atoms with Gasteiger partial charge in [0.2, 0.25) is 0 Å². The molecule has 2 aromatic carbocycles. The first kappa shape index (κ1) is 10.1. The number of rotatable bonds is 0. The SMILES string of the molecule is NC1c2ccccc2C=Cc2ccc(O)cc21. The lowest BCUT2D eigenvalue weighted by molar-refractivity contribution is 0.474. The van der Waals surface area contributed by atoms with Gasteiger partial charge in [0.05, 0.1) is 6.04 Å². The molecule has 3 N–H and O–H groups in total. The molecule has 2 aromatic rings. The van der Waals surface area contributed by atoms with Gasteiger partial charge in [0.25, 0.3) is 0 Å². The van der Waals surface area contributed by atoms with Crippen LogP contribution in [0.5, 0.6) is 5.75 Å². The maximum Gasteiger partial charge on any atom is 0.115 e. The van der Waals surface area contributed by atoms with E-state index < -0.39 is 0 Å². The van der Waals surface area contributed by atoms with E-state index >= 15 is 0 Å². The topological polar surface area (TPSA) is 46.2 Å². The summed E-state index contributed by atoms with van der Waals surface area (Å²) in [6.07, 6.45) is 4.11. The molecule has 1 unspecified atom stereocenters. The van der Waals surface area contributed by atoms with Gasteiger partial charge in [0.15, 0.2) is 0 Å². The van der Waals surface area contributed by atoms with Crippen LogP contribution in [-0.4, -0.2) is 5.11 Å². The molecule has 3 rings (SSSR count). The summed E-state index contributed by atoms with van der Waals surface area (Å²) in [5, 5.41) is 9.57. The van der Waals surface area contributed by atoms with Crippen molar-refractivity contribution >= 4 is 12.2 Å². The second-order valence-electron chi connectivity index (χ2n) is 4.25. The van der Waals surface area contributed by atoms with Crippen LogP contribution in [0.25, 0.3) is 12.2 Å². The molecule has 0 aliphatic heterocycles. The minimum Gasteiger partial charge on any atom is -0.508 e. The molecule has 0 amide bonds. The van der Waals surface area contributed by atoms with Crippen LogP contribution in [0.2, 0.25) is 0 Å². The Bertz CT molecular complexity index is 602. The Labute approximate surface area is 100 Å². The van der Waals surface area contributed by atoms with E-state index in [1.807, 2.05) is 30.3 Å². The Morgan fingerprint density at radius 2 is 1.59 bits per heavy atom. The van der Waals surface area contributed by atoms with Gasteiger partial charge < -0.3 is 10.8 Å². The summed E-state index contributed by atoms with van der Waals surface area (Å²) in [5.74, 6) is 0.256. The highest BCUT2D eigenvalue weighted by Crippen LogP contribution is 2.32. The summed E-state index contributed by atoms with van der Waals surface area (Å²) >= 11 is 0. The van der Waals surface area contributed by atoms with Crippen LogP contribution in [0.3, 0.4) is 0 Å². The van der Waals surface area contributed by atoms with E-state index in [0.717, 1.165) is 22.3 Å². The fraction of sp³-hybridized carbons (Fsp3) is 0.0667. The van der Waals surface area contributed by atoms with E-state index in [4.69, 9.17) is 5.73 Å². The molecule has 0 spiro atoms. The smallest absolute Gasteiger partial charge is 0.115 e. The van der Waals surface area contributed by atoms with Crippen LogP contribution < -0.4 is 5.73 Å². The Morgan fingerprint density at radius 3 is 2.41 bits per heavy atom. The standard InChI is InChI=1S/C15H13NO/c16-15-13-4-2-1-3-10(13)5-6-11-7-8-12(17)9-14(11)15/h1-9,15,17H,16H2. The van der Waals surface area contributed by atoms with Gasteiger partial charge >= 0.3 is 0 Å². The van der Waals surface area contributed by atoms with Crippen molar-refractivity contribution in [2.24, 2.45) is 5.73 Å². The summed E-state index contributed by atoms with van der Waals surface area (Å²) in [4.78, 5) is 0. The molecule has 0 saturated carbocycles. The Kier molecular flexibility index (Phi) is 2.23. The van der Waals surface area contributed by atoms with Crippen LogP contribution in [0, 0.1) is 0 Å². The van der Waals surface area contributed by atoms with Gasteiger partial charge in [-0.15, -0.1) is 0 Å². The zero-order valence-electron chi connectivity index (χ0n) is 9.30. The third-order valence-electron chi connectivity index (χ3n) is 3.18. The number of nitrogens with two attached hydrogens (primary N) is 1. The zero-order chi connectivity index (χ0) is 11.8. The van der Waals surface area contributed by atoms with Crippen molar-refractivity contribution in [3.63, 3.8) is 0 Å². The van der Waals surface area contributed by atoms with Crippen molar-refractivity contribution in [3.05, 3.63) is 64.7 Å². The van der Waals surface area contributed by atoms with E-state index in [-0.39, 0.29) is 11.8 Å². The Morgan fingerprint density at radius 1 is 0.882 bits per heavy atom. The number of phenols is 1. The molecule has 0 fully saturated rings. The van der Waals surface area contributed by atoms with Crippen LogP contribution in [0.1, 0.15) is 28.3 Å². The molecular formula is C15H13NO. The number of hydrogen-bond acceptors (Lipinski definition) is 2. The van der Waals surface area contributed by atoms with Crippen molar-refractivity contribution in [2.75, 3.05) is 0 Å². The highest BCUT2D eigenvalue weighted by Gasteiger charge is 2.17. The number of fused-ring (bicyclic) bond motifs is 2. The Hall–Kier alpha value is -2.06. The maximum absolute atomic E-state index is 9.57. The summed E-state index contributed by atoms with van der Waals surface area (Å²) in [6, 6.07) is 13.2. The monoisotopic (exact) mass is 223 g/mol. The summed E-state index contributed by atoms with van der Waals surface area (Å²) in [7, 11) is 0. The van der Waals surface area contributed by atoms with E-state index in [2.05, 4.69) is 12.1 Å². The second-order valence-corrected chi connectivity index (χ2v) is 4.25. The summed E-state index contributed by atoms with van der Waals surface area (Å²) in [6.45, 7) is 0. The first-order valence-corrected chi connectivity index (χ1v) is 5.61. The van der Waals surface area contributed by atoms with Crippen LogP contribution in [-0.2, 0) is 0 Å². The normalized spacial score (nSPS) is 17.1. The maximum atomic E-state index is 9.57. The van der Waals surface area contributed by atoms with Crippen LogP contribution in [0.4, 0.5) is 0 Å². The molecule has 0 radical (unpaired) electrons. The highest BCUT2D eigenvalue weighted by molar-refractivity contribution is 5.76. The van der Waals surface area contributed by atoms with E-state index in [0.29, 0.717) is 0 Å². The fourth-order valence-corrected chi connectivity index (χ4v) is 2.28. The number of aromatic hydroxyl groups is 1. The molecule has 0 aromatic heterocycles. The van der Waals surface area contributed by atoms with Gasteiger partial charge in [-0.1, -0.05) is 42.5 Å². The van der Waals surface area contributed by atoms with Crippen LogP contribution in [0.15, 0.2) is 42.5 Å². The minimum absolute atomic E-state index is 0.191. The zero-order valence-corrected chi connectivity index (χ0v) is 9.30. The van der Waals surface area contributed by atoms with Gasteiger partial charge in [0.1, 0.15) is 5.75 Å². The summed E-state index contributed by atoms with van der Waals surface area (Å²) in [5.41, 5.74) is 10.5.